The van der Waals surface area contributed by atoms with E-state index in [1.807, 2.05) is 19.9 Å². The Morgan fingerprint density at radius 1 is 1.11 bits per heavy atom. The highest BCUT2D eigenvalue weighted by atomic mass is 16.6. The minimum Gasteiger partial charge on any atom is -0.449 e. The molecule has 0 radical (unpaired) electrons. The zero-order chi connectivity index (χ0) is 20.7. The van der Waals surface area contributed by atoms with Crippen LogP contribution >= 0.6 is 0 Å². The number of hydrogen-bond donors (Lipinski definition) is 2. The molecule has 148 valence electrons. The molecule has 0 spiro atoms. The smallest absolute Gasteiger partial charge is 0.339 e. The highest BCUT2D eigenvalue weighted by Crippen LogP contribution is 2.29. The van der Waals surface area contributed by atoms with Gasteiger partial charge in [-0.15, -0.1) is 0 Å². The largest absolute Gasteiger partial charge is 0.449 e. The van der Waals surface area contributed by atoms with Crippen molar-refractivity contribution in [2.24, 2.45) is 5.92 Å². The Balaban J connectivity index is 2.13. The molecule has 8 nitrogen and oxygen atoms in total. The molecule has 0 saturated carbocycles. The van der Waals surface area contributed by atoms with Crippen molar-refractivity contribution in [3.05, 3.63) is 64.2 Å². The summed E-state index contributed by atoms with van der Waals surface area (Å²) in [7, 11) is 0. The molecule has 0 heterocycles. The van der Waals surface area contributed by atoms with Gasteiger partial charge in [0.1, 0.15) is 5.69 Å². The number of hydrogen-bond acceptors (Lipinski definition) is 6. The zero-order valence-corrected chi connectivity index (χ0v) is 16.0. The van der Waals surface area contributed by atoms with Crippen molar-refractivity contribution in [2.45, 2.75) is 26.9 Å². The predicted octanol–water partition coefficient (Wildman–Crippen LogP) is 3.66. The number of benzene rings is 2. The summed E-state index contributed by atoms with van der Waals surface area (Å²) in [6.45, 7) is 5.81. The number of nitro benzene ring substituents is 1. The molecule has 2 aromatic rings. The van der Waals surface area contributed by atoms with Crippen LogP contribution in [0.15, 0.2) is 48.5 Å². The van der Waals surface area contributed by atoms with Crippen LogP contribution in [0.5, 0.6) is 0 Å². The summed E-state index contributed by atoms with van der Waals surface area (Å²) in [5.41, 5.74) is 0.649. The molecule has 0 saturated heterocycles. The van der Waals surface area contributed by atoms with E-state index in [2.05, 4.69) is 10.6 Å². The molecule has 0 aliphatic heterocycles. The monoisotopic (exact) mass is 385 g/mol. The molecule has 2 aromatic carbocycles. The fourth-order valence-electron chi connectivity index (χ4n) is 2.32. The van der Waals surface area contributed by atoms with Crippen molar-refractivity contribution in [1.29, 1.82) is 0 Å². The lowest BCUT2D eigenvalue weighted by Crippen LogP contribution is -2.37. The van der Waals surface area contributed by atoms with Crippen LogP contribution in [0.2, 0.25) is 0 Å². The number of carbonyl (C=O) groups excluding carboxylic acids is 2. The van der Waals surface area contributed by atoms with E-state index >= 15 is 0 Å². The maximum atomic E-state index is 12.3. The fraction of sp³-hybridized carbons (Fsp3) is 0.300. The van der Waals surface area contributed by atoms with Gasteiger partial charge in [0.25, 0.3) is 11.6 Å². The molecular formula is C20H23N3O5. The molecule has 0 fully saturated rings. The molecule has 2 rings (SSSR count). The Morgan fingerprint density at radius 3 is 2.39 bits per heavy atom. The third kappa shape index (κ3) is 5.80. The third-order valence-electron chi connectivity index (χ3n) is 3.82. The minimum atomic E-state index is -1.01. The lowest BCUT2D eigenvalue weighted by atomic mass is 10.1. The number of carbonyl (C=O) groups is 2. The summed E-state index contributed by atoms with van der Waals surface area (Å²) in [5.74, 6) is -0.959. The van der Waals surface area contributed by atoms with Gasteiger partial charge in [0, 0.05) is 18.3 Å². The van der Waals surface area contributed by atoms with E-state index in [4.69, 9.17) is 4.74 Å². The van der Waals surface area contributed by atoms with E-state index in [1.54, 1.807) is 24.3 Å². The van der Waals surface area contributed by atoms with Gasteiger partial charge in [-0.05, 0) is 37.1 Å². The highest BCUT2D eigenvalue weighted by Gasteiger charge is 2.22. The second-order valence-corrected chi connectivity index (χ2v) is 6.67. The second kappa shape index (κ2) is 9.50. The number of nitro groups is 1. The van der Waals surface area contributed by atoms with Crippen molar-refractivity contribution in [3.8, 4) is 0 Å². The first kappa shape index (κ1) is 20.9. The maximum absolute atomic E-state index is 12.3. The van der Waals surface area contributed by atoms with Gasteiger partial charge in [-0.25, -0.2) is 4.79 Å². The molecule has 1 amide bonds. The van der Waals surface area contributed by atoms with Gasteiger partial charge in [0.05, 0.1) is 10.5 Å². The first-order valence-electron chi connectivity index (χ1n) is 8.87. The summed E-state index contributed by atoms with van der Waals surface area (Å²) < 4.78 is 5.13. The molecular weight excluding hydrogens is 362 g/mol. The van der Waals surface area contributed by atoms with E-state index in [9.17, 15) is 19.7 Å². The lowest BCUT2D eigenvalue weighted by molar-refractivity contribution is -0.383. The Hall–Kier alpha value is -3.42. The van der Waals surface area contributed by atoms with E-state index in [0.29, 0.717) is 12.2 Å². The lowest BCUT2D eigenvalue weighted by Gasteiger charge is -2.15. The number of nitrogens with zero attached hydrogens (tertiary/aromatic N) is 1. The summed E-state index contributed by atoms with van der Waals surface area (Å²) in [5, 5.41) is 17.0. The van der Waals surface area contributed by atoms with Crippen LogP contribution < -0.4 is 10.6 Å². The molecule has 8 heteroatoms. The average molecular weight is 385 g/mol. The van der Waals surface area contributed by atoms with Crippen LogP contribution in [-0.2, 0) is 9.53 Å². The number of rotatable bonds is 8. The van der Waals surface area contributed by atoms with Crippen molar-refractivity contribution in [1.82, 2.24) is 5.32 Å². The van der Waals surface area contributed by atoms with Crippen LogP contribution in [0.3, 0.4) is 0 Å². The minimum absolute atomic E-state index is 0.00572. The number of ether oxygens (including phenoxy) is 1. The molecule has 2 N–H and O–H groups in total. The number of anilines is 2. The maximum Gasteiger partial charge on any atom is 0.339 e. The third-order valence-corrected chi connectivity index (χ3v) is 3.82. The zero-order valence-electron chi connectivity index (χ0n) is 16.0. The number of esters is 1. The molecule has 1 atom stereocenters. The summed E-state index contributed by atoms with van der Waals surface area (Å²) in [4.78, 5) is 35.1. The fourth-order valence-corrected chi connectivity index (χ4v) is 2.32. The van der Waals surface area contributed by atoms with Crippen LogP contribution in [0, 0.1) is 16.0 Å². The summed E-state index contributed by atoms with van der Waals surface area (Å²) in [6, 6.07) is 12.9. The van der Waals surface area contributed by atoms with Crippen LogP contribution in [0.1, 0.15) is 31.1 Å². The van der Waals surface area contributed by atoms with E-state index < -0.39 is 22.9 Å². The van der Waals surface area contributed by atoms with E-state index in [-0.39, 0.29) is 22.9 Å². The Labute approximate surface area is 163 Å². The first-order chi connectivity index (χ1) is 13.3. The van der Waals surface area contributed by atoms with Gasteiger partial charge >= 0.3 is 5.97 Å². The molecule has 0 aliphatic carbocycles. The van der Waals surface area contributed by atoms with Gasteiger partial charge in [-0.3, -0.25) is 14.9 Å². The van der Waals surface area contributed by atoms with Crippen molar-refractivity contribution < 1.29 is 19.2 Å². The molecule has 0 aliphatic rings. The molecule has 0 aromatic heterocycles. The average Bonchev–Trinajstić information content (AvgIpc) is 2.66. The van der Waals surface area contributed by atoms with Crippen LogP contribution in [0.4, 0.5) is 17.1 Å². The van der Waals surface area contributed by atoms with Gasteiger partial charge in [-0.2, -0.15) is 0 Å². The van der Waals surface area contributed by atoms with Crippen LogP contribution in [-0.4, -0.2) is 29.4 Å². The molecule has 28 heavy (non-hydrogen) atoms. The van der Waals surface area contributed by atoms with E-state index in [0.717, 1.165) is 6.07 Å². The predicted molar refractivity (Wildman–Crippen MR) is 106 cm³/mol. The summed E-state index contributed by atoms with van der Waals surface area (Å²) >= 11 is 0. The standard InChI is InChI=1S/C20H23N3O5/c1-13(2)12-21-19(24)14(3)28-20(25)15-9-10-17(18(11-15)23(26)27)22-16-7-5-4-6-8-16/h4-11,13-14,22H,12H2,1-3H3,(H,21,24)/t14-/m0/s1. The molecule has 0 unspecified atom stereocenters. The summed E-state index contributed by atoms with van der Waals surface area (Å²) in [6.07, 6.45) is -1.01. The molecule has 0 bridgehead atoms. The van der Waals surface area contributed by atoms with Crippen molar-refractivity contribution >= 4 is 28.9 Å². The number of nitrogens with one attached hydrogen (secondary N) is 2. The number of amides is 1. The highest BCUT2D eigenvalue weighted by molar-refractivity contribution is 5.94. The van der Waals surface area contributed by atoms with Gasteiger partial charge in [0.15, 0.2) is 6.10 Å². The van der Waals surface area contributed by atoms with E-state index in [1.165, 1.54) is 19.1 Å². The topological polar surface area (TPSA) is 111 Å². The van der Waals surface area contributed by atoms with Gasteiger partial charge in [0.2, 0.25) is 0 Å². The van der Waals surface area contributed by atoms with Gasteiger partial charge in [-0.1, -0.05) is 32.0 Å². The van der Waals surface area contributed by atoms with Crippen molar-refractivity contribution in [2.75, 3.05) is 11.9 Å². The number of para-hydroxylation sites is 1. The van der Waals surface area contributed by atoms with Crippen LogP contribution in [0.25, 0.3) is 0 Å². The second-order valence-electron chi connectivity index (χ2n) is 6.67. The first-order valence-corrected chi connectivity index (χ1v) is 8.87. The Bertz CT molecular complexity index is 852. The normalized spacial score (nSPS) is 11.6. The Kier molecular flexibility index (Phi) is 7.08. The quantitative estimate of drug-likeness (QED) is 0.408. The van der Waals surface area contributed by atoms with Gasteiger partial charge < -0.3 is 15.4 Å². The van der Waals surface area contributed by atoms with Crippen molar-refractivity contribution in [3.63, 3.8) is 0 Å². The Morgan fingerprint density at radius 2 is 1.79 bits per heavy atom. The SMILES string of the molecule is CC(C)CNC(=O)[C@H](C)OC(=O)c1ccc(Nc2ccccc2)c([N+](=O)[O-])c1.